The van der Waals surface area contributed by atoms with Crippen LogP contribution in [0.1, 0.15) is 40.2 Å². The van der Waals surface area contributed by atoms with Crippen LogP contribution in [0.3, 0.4) is 0 Å². The van der Waals surface area contributed by atoms with Gasteiger partial charge in [0.15, 0.2) is 11.5 Å². The van der Waals surface area contributed by atoms with Crippen molar-refractivity contribution in [1.82, 2.24) is 0 Å². The van der Waals surface area contributed by atoms with E-state index in [0.29, 0.717) is 30.3 Å². The van der Waals surface area contributed by atoms with Crippen LogP contribution in [0.15, 0.2) is 59.4 Å². The normalized spacial score (nSPS) is 18.2. The van der Waals surface area contributed by atoms with E-state index in [4.69, 9.17) is 23.7 Å². The SMILES string of the molecule is CO\C=C(C(=O)OC)/C(C)=C\C=C\c1ccc2c(c1)OC(C)(C)[C@@H](OCC=C(C)C)CO2. The number of ether oxygens (including phenoxy) is 5. The number of rotatable bonds is 8. The molecule has 1 aliphatic heterocycles. The number of hydrogen-bond acceptors (Lipinski definition) is 6. The second-order valence-corrected chi connectivity index (χ2v) is 8.29. The van der Waals surface area contributed by atoms with Gasteiger partial charge in [-0.1, -0.05) is 35.9 Å². The van der Waals surface area contributed by atoms with E-state index in [2.05, 4.69) is 0 Å². The molecule has 0 spiro atoms. The molecule has 0 fully saturated rings. The summed E-state index contributed by atoms with van der Waals surface area (Å²) in [5.74, 6) is 0.903. The number of methoxy groups -OCH3 is 2. The molecule has 0 bridgehead atoms. The van der Waals surface area contributed by atoms with Gasteiger partial charge in [0.2, 0.25) is 0 Å². The van der Waals surface area contributed by atoms with Gasteiger partial charge in [0.25, 0.3) is 0 Å². The molecule has 174 valence electrons. The summed E-state index contributed by atoms with van der Waals surface area (Å²) < 4.78 is 28.0. The van der Waals surface area contributed by atoms with Crippen molar-refractivity contribution in [2.24, 2.45) is 0 Å². The summed E-state index contributed by atoms with van der Waals surface area (Å²) in [5, 5.41) is 0. The van der Waals surface area contributed by atoms with Crippen molar-refractivity contribution in [1.29, 1.82) is 0 Å². The van der Waals surface area contributed by atoms with Crippen LogP contribution in [0.2, 0.25) is 0 Å². The lowest BCUT2D eigenvalue weighted by Gasteiger charge is -2.31. The molecule has 0 saturated carbocycles. The summed E-state index contributed by atoms with van der Waals surface area (Å²) in [6, 6.07) is 5.78. The minimum Gasteiger partial charge on any atom is -0.503 e. The Morgan fingerprint density at radius 2 is 1.94 bits per heavy atom. The van der Waals surface area contributed by atoms with Gasteiger partial charge in [-0.3, -0.25) is 0 Å². The van der Waals surface area contributed by atoms with E-state index in [-0.39, 0.29) is 6.10 Å². The zero-order valence-corrected chi connectivity index (χ0v) is 20.1. The fourth-order valence-corrected chi connectivity index (χ4v) is 3.05. The van der Waals surface area contributed by atoms with Gasteiger partial charge in [-0.2, -0.15) is 0 Å². The number of fused-ring (bicyclic) bond motifs is 1. The van der Waals surface area contributed by atoms with Crippen LogP contribution in [-0.4, -0.2) is 45.1 Å². The highest BCUT2D eigenvalue weighted by Gasteiger charge is 2.36. The number of carbonyl (C=O) groups is 1. The molecule has 0 amide bonds. The van der Waals surface area contributed by atoms with Crippen molar-refractivity contribution in [2.75, 3.05) is 27.4 Å². The maximum atomic E-state index is 11.9. The Morgan fingerprint density at radius 3 is 2.59 bits per heavy atom. The van der Waals surface area contributed by atoms with Gasteiger partial charge in [0.1, 0.15) is 18.3 Å². The van der Waals surface area contributed by atoms with E-state index in [1.807, 2.05) is 77.1 Å². The molecule has 0 radical (unpaired) electrons. The predicted molar refractivity (Wildman–Crippen MR) is 126 cm³/mol. The smallest absolute Gasteiger partial charge is 0.341 e. The molecule has 1 atom stereocenters. The van der Waals surface area contributed by atoms with Crippen LogP contribution in [0, 0.1) is 0 Å². The molecule has 1 aromatic carbocycles. The lowest BCUT2D eigenvalue weighted by atomic mass is 10.0. The van der Waals surface area contributed by atoms with Crippen LogP contribution in [0.4, 0.5) is 0 Å². The highest BCUT2D eigenvalue weighted by molar-refractivity contribution is 5.93. The third-order valence-corrected chi connectivity index (χ3v) is 5.00. The molecule has 6 heteroatoms. The zero-order chi connectivity index (χ0) is 23.7. The van der Waals surface area contributed by atoms with E-state index in [1.54, 1.807) is 0 Å². The number of hydrogen-bond donors (Lipinski definition) is 0. The van der Waals surface area contributed by atoms with Crippen LogP contribution in [-0.2, 0) is 19.0 Å². The zero-order valence-electron chi connectivity index (χ0n) is 20.1. The maximum Gasteiger partial charge on any atom is 0.341 e. The maximum absolute atomic E-state index is 11.9. The largest absolute Gasteiger partial charge is 0.503 e. The molecule has 1 aromatic rings. The summed E-state index contributed by atoms with van der Waals surface area (Å²) in [7, 11) is 2.83. The highest BCUT2D eigenvalue weighted by atomic mass is 16.6. The Morgan fingerprint density at radius 1 is 1.19 bits per heavy atom. The molecule has 0 aromatic heterocycles. The minimum absolute atomic E-state index is 0.209. The first-order chi connectivity index (χ1) is 15.2. The Bertz CT molecular complexity index is 916. The third kappa shape index (κ3) is 7.02. The first-order valence-electron chi connectivity index (χ1n) is 10.6. The van der Waals surface area contributed by atoms with Crippen molar-refractivity contribution in [3.63, 3.8) is 0 Å². The molecular weight excluding hydrogens is 408 g/mol. The van der Waals surface area contributed by atoms with E-state index in [1.165, 1.54) is 26.1 Å². The Labute approximate surface area is 191 Å². The monoisotopic (exact) mass is 442 g/mol. The molecule has 0 saturated heterocycles. The molecule has 1 aliphatic rings. The fraction of sp³-hybridized carbons (Fsp3) is 0.423. The first-order valence-corrected chi connectivity index (χ1v) is 10.6. The van der Waals surface area contributed by atoms with Crippen molar-refractivity contribution in [3.05, 3.63) is 65.0 Å². The summed E-state index contributed by atoms with van der Waals surface area (Å²) in [6.45, 7) is 10.8. The van der Waals surface area contributed by atoms with Crippen LogP contribution in [0.25, 0.3) is 6.08 Å². The Balaban J connectivity index is 2.17. The molecule has 0 unspecified atom stereocenters. The van der Waals surface area contributed by atoms with Gasteiger partial charge in [-0.15, -0.1) is 0 Å². The quantitative estimate of drug-likeness (QED) is 0.180. The van der Waals surface area contributed by atoms with Gasteiger partial charge in [0, 0.05) is 0 Å². The second-order valence-electron chi connectivity index (χ2n) is 8.29. The average Bonchev–Trinajstić information content (AvgIpc) is 2.86. The molecule has 32 heavy (non-hydrogen) atoms. The van der Waals surface area contributed by atoms with Crippen LogP contribution in [0.5, 0.6) is 11.5 Å². The van der Waals surface area contributed by atoms with Gasteiger partial charge in [0.05, 0.1) is 32.7 Å². The summed E-state index contributed by atoms with van der Waals surface area (Å²) >= 11 is 0. The Hall–Kier alpha value is -2.99. The average molecular weight is 443 g/mol. The number of esters is 1. The molecule has 6 nitrogen and oxygen atoms in total. The van der Waals surface area contributed by atoms with Gasteiger partial charge in [-0.05, 0) is 57.9 Å². The van der Waals surface area contributed by atoms with Crippen molar-refractivity contribution < 1.29 is 28.5 Å². The van der Waals surface area contributed by atoms with E-state index in [0.717, 1.165) is 11.1 Å². The fourth-order valence-electron chi connectivity index (χ4n) is 3.05. The highest BCUT2D eigenvalue weighted by Crippen LogP contribution is 2.36. The van der Waals surface area contributed by atoms with Crippen LogP contribution < -0.4 is 9.47 Å². The number of allylic oxidation sites excluding steroid dienone is 3. The van der Waals surface area contributed by atoms with Crippen molar-refractivity contribution in [3.8, 4) is 11.5 Å². The van der Waals surface area contributed by atoms with Crippen molar-refractivity contribution in [2.45, 2.75) is 46.3 Å². The lowest BCUT2D eigenvalue weighted by Crippen LogP contribution is -2.45. The second kappa shape index (κ2) is 11.6. The standard InChI is InChI=1S/C26H34O6/c1-18(2)13-14-30-24-17-31-22-12-11-20(15-23(22)32-26(24,4)5)10-8-9-19(3)21(16-28-6)25(27)29-7/h8-13,15-16,24H,14,17H2,1-7H3/b10-8+,19-9-,21-16+/t24-/m0/s1. The number of benzene rings is 1. The molecule has 0 aliphatic carbocycles. The first kappa shape index (κ1) is 25.3. The van der Waals surface area contributed by atoms with Gasteiger partial charge < -0.3 is 23.7 Å². The van der Waals surface area contributed by atoms with E-state index >= 15 is 0 Å². The van der Waals surface area contributed by atoms with Gasteiger partial charge in [-0.25, -0.2) is 4.79 Å². The third-order valence-electron chi connectivity index (χ3n) is 5.00. The van der Waals surface area contributed by atoms with Crippen molar-refractivity contribution >= 4 is 12.0 Å². The molecule has 0 N–H and O–H groups in total. The molecular formula is C26H34O6. The molecule has 2 rings (SSSR count). The van der Waals surface area contributed by atoms with Gasteiger partial charge >= 0.3 is 5.97 Å². The summed E-state index contributed by atoms with van der Waals surface area (Å²) in [4.78, 5) is 11.9. The Kier molecular flexibility index (Phi) is 9.14. The lowest BCUT2D eigenvalue weighted by molar-refractivity contribution is -0.135. The van der Waals surface area contributed by atoms with E-state index < -0.39 is 11.6 Å². The summed E-state index contributed by atoms with van der Waals surface area (Å²) in [6.07, 6.45) is 8.81. The number of carbonyl (C=O) groups excluding carboxylic acids is 1. The topological polar surface area (TPSA) is 63.2 Å². The molecule has 1 heterocycles. The predicted octanol–water partition coefficient (Wildman–Crippen LogP) is 5.25. The van der Waals surface area contributed by atoms with E-state index in [9.17, 15) is 4.79 Å². The minimum atomic E-state index is -0.556. The van der Waals surface area contributed by atoms with Crippen LogP contribution >= 0.6 is 0 Å². The summed E-state index contributed by atoms with van der Waals surface area (Å²) in [5.41, 5.74) is 2.67.